The number of benzene rings is 1. The minimum Gasteiger partial charge on any atom is -0.302 e. The lowest BCUT2D eigenvalue weighted by atomic mass is 9.81. The smallest absolute Gasteiger partial charge is 0.130 e. The summed E-state index contributed by atoms with van der Waals surface area (Å²) in [4.78, 5) is 11.0. The van der Waals surface area contributed by atoms with Crippen LogP contribution in [0.5, 0.6) is 0 Å². The van der Waals surface area contributed by atoms with Crippen LogP contribution in [0.25, 0.3) is 0 Å². The zero-order chi connectivity index (χ0) is 10.6. The van der Waals surface area contributed by atoms with Crippen molar-refractivity contribution in [3.05, 3.63) is 47.5 Å². The van der Waals surface area contributed by atoms with Crippen LogP contribution in [0.1, 0.15) is 18.9 Å². The molecule has 0 aliphatic carbocycles. The summed E-state index contributed by atoms with van der Waals surface area (Å²) in [6.07, 6.45) is 3.35. The maximum Gasteiger partial charge on any atom is 0.130 e. The van der Waals surface area contributed by atoms with Crippen molar-refractivity contribution in [1.82, 2.24) is 0 Å². The second-order valence-corrected chi connectivity index (χ2v) is 3.97. The Hall–Kier alpha value is -1.08. The predicted molar refractivity (Wildman–Crippen MR) is 59.7 cm³/mol. The number of allylic oxidation sites excluding steroid dienone is 1. The molecule has 0 aliphatic rings. The van der Waals surface area contributed by atoms with Gasteiger partial charge in [0.05, 0.1) is 5.41 Å². The fraction of sp³-hybridized carbons (Fsp3) is 0.250. The minimum atomic E-state index is -0.480. The molecule has 0 saturated heterocycles. The summed E-state index contributed by atoms with van der Waals surface area (Å²) in [7, 11) is 0. The molecule has 1 atom stereocenters. The number of hydrogen-bond acceptors (Lipinski definition) is 1. The van der Waals surface area contributed by atoms with E-state index in [9.17, 15) is 4.79 Å². The van der Waals surface area contributed by atoms with E-state index < -0.39 is 5.41 Å². The second-order valence-electron chi connectivity index (χ2n) is 3.54. The lowest BCUT2D eigenvalue weighted by molar-refractivity contribution is -0.112. The summed E-state index contributed by atoms with van der Waals surface area (Å²) in [5.74, 6) is 0. The van der Waals surface area contributed by atoms with Gasteiger partial charge in [-0.3, -0.25) is 0 Å². The van der Waals surface area contributed by atoms with Gasteiger partial charge in [-0.05, 0) is 31.0 Å². The molecule has 0 N–H and O–H groups in total. The van der Waals surface area contributed by atoms with Crippen molar-refractivity contribution in [2.24, 2.45) is 0 Å². The molecule has 0 bridgehead atoms. The van der Waals surface area contributed by atoms with E-state index in [2.05, 4.69) is 6.58 Å². The van der Waals surface area contributed by atoms with E-state index >= 15 is 0 Å². The molecule has 14 heavy (non-hydrogen) atoms. The highest BCUT2D eigenvalue weighted by Crippen LogP contribution is 2.26. The van der Waals surface area contributed by atoms with E-state index in [0.29, 0.717) is 11.4 Å². The fourth-order valence-electron chi connectivity index (χ4n) is 1.36. The first-order valence-corrected chi connectivity index (χ1v) is 4.83. The summed E-state index contributed by atoms with van der Waals surface area (Å²) in [5, 5.41) is 0.681. The summed E-state index contributed by atoms with van der Waals surface area (Å²) in [6.45, 7) is 5.55. The van der Waals surface area contributed by atoms with Crippen LogP contribution in [-0.4, -0.2) is 6.29 Å². The molecule has 0 aliphatic heterocycles. The molecule has 0 radical (unpaired) electrons. The van der Waals surface area contributed by atoms with Gasteiger partial charge in [-0.15, -0.1) is 6.58 Å². The molecule has 0 spiro atoms. The molecule has 1 nitrogen and oxygen atoms in total. The van der Waals surface area contributed by atoms with E-state index in [1.54, 1.807) is 18.2 Å². The first-order chi connectivity index (χ1) is 6.62. The maximum atomic E-state index is 11.0. The molecule has 2 heteroatoms. The summed E-state index contributed by atoms with van der Waals surface area (Å²) >= 11 is 5.77. The lowest BCUT2D eigenvalue weighted by Gasteiger charge is -2.21. The Morgan fingerprint density at radius 2 is 2.00 bits per heavy atom. The summed E-state index contributed by atoms with van der Waals surface area (Å²) < 4.78 is 0. The zero-order valence-electron chi connectivity index (χ0n) is 8.16. The molecule has 0 aromatic heterocycles. The first-order valence-electron chi connectivity index (χ1n) is 4.45. The van der Waals surface area contributed by atoms with Crippen molar-refractivity contribution in [3.63, 3.8) is 0 Å². The molecule has 0 fully saturated rings. The largest absolute Gasteiger partial charge is 0.302 e. The Kier molecular flexibility index (Phi) is 3.48. The Balaban J connectivity index is 3.05. The van der Waals surface area contributed by atoms with Gasteiger partial charge in [-0.2, -0.15) is 0 Å². The lowest BCUT2D eigenvalue weighted by Crippen LogP contribution is -2.22. The highest BCUT2D eigenvalue weighted by atomic mass is 35.5. The average Bonchev–Trinajstić information content (AvgIpc) is 2.19. The van der Waals surface area contributed by atoms with Crippen molar-refractivity contribution >= 4 is 17.9 Å². The van der Waals surface area contributed by atoms with Crippen LogP contribution in [0.3, 0.4) is 0 Å². The number of hydrogen-bond donors (Lipinski definition) is 0. The number of aldehydes is 1. The molecular formula is C12H13ClO. The van der Waals surface area contributed by atoms with Crippen LogP contribution in [0.4, 0.5) is 0 Å². The van der Waals surface area contributed by atoms with Gasteiger partial charge in [0.25, 0.3) is 0 Å². The number of rotatable bonds is 4. The van der Waals surface area contributed by atoms with E-state index in [-0.39, 0.29) is 0 Å². The topological polar surface area (TPSA) is 17.1 Å². The maximum absolute atomic E-state index is 11.0. The van der Waals surface area contributed by atoms with Crippen molar-refractivity contribution in [1.29, 1.82) is 0 Å². The summed E-state index contributed by atoms with van der Waals surface area (Å²) in [5.41, 5.74) is 0.489. The number of carbonyl (C=O) groups is 1. The van der Waals surface area contributed by atoms with E-state index in [0.717, 1.165) is 11.8 Å². The van der Waals surface area contributed by atoms with Gasteiger partial charge in [0.15, 0.2) is 0 Å². The van der Waals surface area contributed by atoms with Crippen molar-refractivity contribution in [2.75, 3.05) is 0 Å². The summed E-state index contributed by atoms with van der Waals surface area (Å²) in [6, 6.07) is 7.34. The highest BCUT2D eigenvalue weighted by Gasteiger charge is 2.23. The molecule has 0 saturated carbocycles. The molecule has 1 rings (SSSR count). The van der Waals surface area contributed by atoms with Crippen LogP contribution in [0.15, 0.2) is 36.9 Å². The minimum absolute atomic E-state index is 0.480. The Morgan fingerprint density at radius 1 is 1.43 bits per heavy atom. The van der Waals surface area contributed by atoms with Gasteiger partial charge in [-0.25, -0.2) is 0 Å². The van der Waals surface area contributed by atoms with Crippen LogP contribution in [-0.2, 0) is 10.2 Å². The van der Waals surface area contributed by atoms with Crippen LogP contribution < -0.4 is 0 Å². The van der Waals surface area contributed by atoms with Gasteiger partial charge < -0.3 is 4.79 Å². The number of halogens is 1. The zero-order valence-corrected chi connectivity index (χ0v) is 8.92. The van der Waals surface area contributed by atoms with Crippen molar-refractivity contribution < 1.29 is 4.79 Å². The SMILES string of the molecule is C=CC[C@@](C)(C=O)c1ccc(Cl)cc1. The first kappa shape index (κ1) is 11.0. The van der Waals surface area contributed by atoms with Gasteiger partial charge in [0.1, 0.15) is 6.29 Å². The van der Waals surface area contributed by atoms with Gasteiger partial charge >= 0.3 is 0 Å². The third kappa shape index (κ3) is 2.24. The van der Waals surface area contributed by atoms with Gasteiger partial charge in [0.2, 0.25) is 0 Å². The monoisotopic (exact) mass is 208 g/mol. The Labute approximate surface area is 89.4 Å². The Bertz CT molecular complexity index is 329. The standard InChI is InChI=1S/C12H13ClO/c1-3-8-12(2,9-14)10-4-6-11(13)7-5-10/h3-7,9H,1,8H2,2H3/t12-/m0/s1. The molecule has 1 aromatic carbocycles. The van der Waals surface area contributed by atoms with E-state index in [1.807, 2.05) is 19.1 Å². The molecule has 0 amide bonds. The average molecular weight is 209 g/mol. The highest BCUT2D eigenvalue weighted by molar-refractivity contribution is 6.30. The molecular weight excluding hydrogens is 196 g/mol. The predicted octanol–water partition coefficient (Wildman–Crippen LogP) is 3.37. The van der Waals surface area contributed by atoms with Gasteiger partial charge in [0, 0.05) is 5.02 Å². The number of carbonyl (C=O) groups excluding carboxylic acids is 1. The molecule has 74 valence electrons. The normalized spacial score (nSPS) is 14.4. The fourth-order valence-corrected chi connectivity index (χ4v) is 1.49. The van der Waals surface area contributed by atoms with Crippen LogP contribution in [0.2, 0.25) is 5.02 Å². The third-order valence-electron chi connectivity index (χ3n) is 2.33. The quantitative estimate of drug-likeness (QED) is 0.548. The van der Waals surface area contributed by atoms with Crippen LogP contribution in [0, 0.1) is 0 Å². The van der Waals surface area contributed by atoms with Crippen LogP contribution >= 0.6 is 11.6 Å². The second kappa shape index (κ2) is 4.43. The third-order valence-corrected chi connectivity index (χ3v) is 2.58. The Morgan fingerprint density at radius 3 is 2.43 bits per heavy atom. The van der Waals surface area contributed by atoms with E-state index in [4.69, 9.17) is 11.6 Å². The van der Waals surface area contributed by atoms with Crippen molar-refractivity contribution in [3.8, 4) is 0 Å². The molecule has 0 unspecified atom stereocenters. The van der Waals surface area contributed by atoms with Gasteiger partial charge in [-0.1, -0.05) is 29.8 Å². The van der Waals surface area contributed by atoms with E-state index in [1.165, 1.54) is 0 Å². The molecule has 0 heterocycles. The molecule has 1 aromatic rings. The van der Waals surface area contributed by atoms with Crippen molar-refractivity contribution in [2.45, 2.75) is 18.8 Å².